The largest absolute Gasteiger partial charge is 0.337 e. The van der Waals surface area contributed by atoms with Crippen molar-refractivity contribution in [3.05, 3.63) is 101 Å². The molecular weight excluding hydrogens is 384 g/mol. The molecule has 4 heteroatoms. The fourth-order valence-corrected chi connectivity index (χ4v) is 4.96. The number of carbonyl (C=O) groups is 2. The van der Waals surface area contributed by atoms with Crippen LogP contribution in [0.1, 0.15) is 33.5 Å². The number of aryl methyl sites for hydroxylation is 1. The SMILES string of the molecule is Cc1ccc(C(=O)N2CCC3(C2)C(=O)N(CCc2ccccc2)c2ccccc23)cc1. The number of amides is 2. The summed E-state index contributed by atoms with van der Waals surface area (Å²) in [6.07, 6.45) is 1.48. The zero-order valence-electron chi connectivity index (χ0n) is 17.8. The van der Waals surface area contributed by atoms with Crippen molar-refractivity contribution in [2.24, 2.45) is 0 Å². The first-order valence-electron chi connectivity index (χ1n) is 10.9. The van der Waals surface area contributed by atoms with Crippen LogP contribution in [0.15, 0.2) is 78.9 Å². The molecule has 1 saturated heterocycles. The monoisotopic (exact) mass is 410 g/mol. The van der Waals surface area contributed by atoms with Gasteiger partial charge in [-0.1, -0.05) is 66.2 Å². The van der Waals surface area contributed by atoms with Crippen LogP contribution in [0.25, 0.3) is 0 Å². The molecule has 1 spiro atoms. The summed E-state index contributed by atoms with van der Waals surface area (Å²) in [6.45, 7) is 3.70. The molecule has 4 nitrogen and oxygen atoms in total. The predicted molar refractivity (Wildman–Crippen MR) is 122 cm³/mol. The second kappa shape index (κ2) is 7.69. The van der Waals surface area contributed by atoms with E-state index in [0.717, 1.165) is 23.2 Å². The minimum atomic E-state index is -0.631. The van der Waals surface area contributed by atoms with Crippen molar-refractivity contribution < 1.29 is 9.59 Å². The summed E-state index contributed by atoms with van der Waals surface area (Å²) >= 11 is 0. The molecule has 0 bridgehead atoms. The minimum absolute atomic E-state index is 0.00453. The Bertz CT molecular complexity index is 1120. The summed E-state index contributed by atoms with van der Waals surface area (Å²) in [7, 11) is 0. The summed E-state index contributed by atoms with van der Waals surface area (Å²) in [5.74, 6) is 0.133. The highest BCUT2D eigenvalue weighted by Crippen LogP contribution is 2.47. The highest BCUT2D eigenvalue weighted by molar-refractivity contribution is 6.09. The molecule has 1 fully saturated rings. The van der Waals surface area contributed by atoms with Gasteiger partial charge in [-0.2, -0.15) is 0 Å². The zero-order chi connectivity index (χ0) is 21.4. The average Bonchev–Trinajstić information content (AvgIpc) is 3.35. The Morgan fingerprint density at radius 1 is 0.935 bits per heavy atom. The first kappa shape index (κ1) is 19.6. The molecular formula is C27H26N2O2. The second-order valence-corrected chi connectivity index (χ2v) is 8.63. The molecule has 3 aromatic rings. The molecule has 2 amide bonds. The molecule has 0 aromatic heterocycles. The van der Waals surface area contributed by atoms with E-state index in [0.29, 0.717) is 31.6 Å². The minimum Gasteiger partial charge on any atom is -0.337 e. The van der Waals surface area contributed by atoms with E-state index in [1.807, 2.05) is 77.4 Å². The number of para-hydroxylation sites is 1. The van der Waals surface area contributed by atoms with Crippen LogP contribution in [-0.2, 0) is 16.6 Å². The maximum absolute atomic E-state index is 13.7. The topological polar surface area (TPSA) is 40.6 Å². The van der Waals surface area contributed by atoms with Gasteiger partial charge in [0.15, 0.2) is 0 Å². The standard InChI is InChI=1S/C27H26N2O2/c1-20-11-13-22(14-12-20)25(30)28-18-16-27(19-28)23-9-5-6-10-24(23)29(26(27)31)17-15-21-7-3-2-4-8-21/h2-14H,15-19H2,1H3. The van der Waals surface area contributed by atoms with Crippen molar-refractivity contribution in [2.75, 3.05) is 24.5 Å². The molecule has 2 heterocycles. The van der Waals surface area contributed by atoms with E-state index in [9.17, 15) is 9.59 Å². The lowest BCUT2D eigenvalue weighted by Gasteiger charge is -2.25. The molecule has 5 rings (SSSR count). The highest BCUT2D eigenvalue weighted by atomic mass is 16.2. The highest BCUT2D eigenvalue weighted by Gasteiger charge is 2.54. The van der Waals surface area contributed by atoms with Crippen LogP contribution in [0, 0.1) is 6.92 Å². The number of hydrogen-bond donors (Lipinski definition) is 0. The Morgan fingerprint density at radius 2 is 1.65 bits per heavy atom. The maximum atomic E-state index is 13.7. The van der Waals surface area contributed by atoms with E-state index in [4.69, 9.17) is 0 Å². The number of nitrogens with zero attached hydrogens (tertiary/aromatic N) is 2. The van der Waals surface area contributed by atoms with Gasteiger partial charge >= 0.3 is 0 Å². The Morgan fingerprint density at radius 3 is 2.42 bits per heavy atom. The first-order chi connectivity index (χ1) is 15.1. The Hall–Kier alpha value is -3.40. The van der Waals surface area contributed by atoms with E-state index in [2.05, 4.69) is 18.2 Å². The lowest BCUT2D eigenvalue weighted by Crippen LogP contribution is -2.43. The van der Waals surface area contributed by atoms with Gasteiger partial charge in [0.1, 0.15) is 0 Å². The third kappa shape index (κ3) is 3.32. The lowest BCUT2D eigenvalue weighted by molar-refractivity contribution is -0.122. The Labute approximate surface area is 183 Å². The summed E-state index contributed by atoms with van der Waals surface area (Å²) < 4.78 is 0. The van der Waals surface area contributed by atoms with Gasteiger partial charge in [0.2, 0.25) is 5.91 Å². The van der Waals surface area contributed by atoms with Crippen LogP contribution in [0.5, 0.6) is 0 Å². The lowest BCUT2D eigenvalue weighted by atomic mass is 9.81. The van der Waals surface area contributed by atoms with Crippen molar-refractivity contribution in [1.29, 1.82) is 0 Å². The van der Waals surface area contributed by atoms with E-state index in [-0.39, 0.29) is 11.8 Å². The van der Waals surface area contributed by atoms with Gasteiger partial charge in [0.25, 0.3) is 5.91 Å². The Balaban J connectivity index is 1.41. The van der Waals surface area contributed by atoms with Crippen molar-refractivity contribution in [1.82, 2.24) is 4.90 Å². The molecule has 2 aliphatic heterocycles. The zero-order valence-corrected chi connectivity index (χ0v) is 17.8. The number of rotatable bonds is 4. The molecule has 0 aliphatic carbocycles. The average molecular weight is 411 g/mol. The van der Waals surface area contributed by atoms with Gasteiger partial charge in [-0.3, -0.25) is 9.59 Å². The normalized spacial score (nSPS) is 19.8. The van der Waals surface area contributed by atoms with Gasteiger partial charge in [-0.25, -0.2) is 0 Å². The number of anilines is 1. The van der Waals surface area contributed by atoms with Crippen molar-refractivity contribution in [3.8, 4) is 0 Å². The third-order valence-electron chi connectivity index (χ3n) is 6.69. The van der Waals surface area contributed by atoms with E-state index < -0.39 is 5.41 Å². The van der Waals surface area contributed by atoms with Crippen molar-refractivity contribution >= 4 is 17.5 Å². The van der Waals surface area contributed by atoms with Crippen LogP contribution in [0.3, 0.4) is 0 Å². The molecule has 0 N–H and O–H groups in total. The molecule has 2 aliphatic rings. The smallest absolute Gasteiger partial charge is 0.253 e. The fraction of sp³-hybridized carbons (Fsp3) is 0.259. The molecule has 3 aromatic carbocycles. The second-order valence-electron chi connectivity index (χ2n) is 8.63. The van der Waals surface area contributed by atoms with Gasteiger partial charge in [-0.05, 0) is 49.1 Å². The predicted octanol–water partition coefficient (Wildman–Crippen LogP) is 4.37. The number of likely N-dealkylation sites (tertiary alicyclic amines) is 1. The molecule has 0 saturated carbocycles. The number of hydrogen-bond acceptors (Lipinski definition) is 2. The molecule has 31 heavy (non-hydrogen) atoms. The maximum Gasteiger partial charge on any atom is 0.253 e. The molecule has 156 valence electrons. The summed E-state index contributed by atoms with van der Waals surface area (Å²) in [4.78, 5) is 30.6. The summed E-state index contributed by atoms with van der Waals surface area (Å²) in [6, 6.07) is 26.0. The van der Waals surface area contributed by atoms with Gasteiger partial charge < -0.3 is 9.80 Å². The van der Waals surface area contributed by atoms with E-state index >= 15 is 0 Å². The Kier molecular flexibility index (Phi) is 4.85. The van der Waals surface area contributed by atoms with Crippen LogP contribution < -0.4 is 4.90 Å². The molecule has 0 radical (unpaired) electrons. The van der Waals surface area contributed by atoms with Crippen molar-refractivity contribution in [3.63, 3.8) is 0 Å². The third-order valence-corrected chi connectivity index (χ3v) is 6.69. The van der Waals surface area contributed by atoms with E-state index in [1.165, 1.54) is 5.56 Å². The number of benzene rings is 3. The van der Waals surface area contributed by atoms with Crippen LogP contribution in [0.4, 0.5) is 5.69 Å². The van der Waals surface area contributed by atoms with Gasteiger partial charge in [0.05, 0.1) is 5.41 Å². The van der Waals surface area contributed by atoms with Crippen LogP contribution >= 0.6 is 0 Å². The molecule has 1 atom stereocenters. The van der Waals surface area contributed by atoms with Crippen molar-refractivity contribution in [2.45, 2.75) is 25.2 Å². The summed E-state index contributed by atoms with van der Waals surface area (Å²) in [5, 5.41) is 0. The molecule has 1 unspecified atom stereocenters. The number of fused-ring (bicyclic) bond motifs is 2. The van der Waals surface area contributed by atoms with E-state index in [1.54, 1.807) is 0 Å². The quantitative estimate of drug-likeness (QED) is 0.641. The van der Waals surface area contributed by atoms with Gasteiger partial charge in [0, 0.05) is 30.9 Å². The van der Waals surface area contributed by atoms with Crippen LogP contribution in [0.2, 0.25) is 0 Å². The summed E-state index contributed by atoms with van der Waals surface area (Å²) in [5.41, 5.74) is 4.45. The van der Waals surface area contributed by atoms with Crippen LogP contribution in [-0.4, -0.2) is 36.3 Å². The fourth-order valence-electron chi connectivity index (χ4n) is 4.96. The number of carbonyl (C=O) groups excluding carboxylic acids is 2. The van der Waals surface area contributed by atoms with Gasteiger partial charge in [-0.15, -0.1) is 0 Å². The first-order valence-corrected chi connectivity index (χ1v) is 10.9.